The molecule has 0 aliphatic carbocycles. The molecule has 0 aliphatic heterocycles. The van der Waals surface area contributed by atoms with Crippen molar-refractivity contribution in [2.45, 2.75) is 13.3 Å². The Hall–Kier alpha value is -1.37. The lowest BCUT2D eigenvalue weighted by molar-refractivity contribution is -0.120. The molecule has 0 bridgehead atoms. The van der Waals surface area contributed by atoms with Gasteiger partial charge in [-0.05, 0) is 22.9 Å². The summed E-state index contributed by atoms with van der Waals surface area (Å²) >= 11 is 3.35. The summed E-state index contributed by atoms with van der Waals surface area (Å²) in [5.74, 6) is 1.24. The molecule has 6 nitrogen and oxygen atoms in total. The number of carbonyl (C=O) groups is 1. The fourth-order valence-corrected chi connectivity index (χ4v) is 1.49. The molecule has 0 saturated heterocycles. The van der Waals surface area contributed by atoms with E-state index in [1.165, 1.54) is 0 Å². The first kappa shape index (κ1) is 13.7. The van der Waals surface area contributed by atoms with Crippen molar-refractivity contribution >= 4 is 33.6 Å². The van der Waals surface area contributed by atoms with Crippen molar-refractivity contribution in [1.82, 2.24) is 15.3 Å². The van der Waals surface area contributed by atoms with E-state index in [0.29, 0.717) is 24.7 Å². The van der Waals surface area contributed by atoms with Crippen LogP contribution in [-0.4, -0.2) is 36.0 Å². The maximum absolute atomic E-state index is 11.0. The molecule has 1 aromatic heterocycles. The van der Waals surface area contributed by atoms with Crippen molar-refractivity contribution in [3.8, 4) is 0 Å². The van der Waals surface area contributed by atoms with E-state index in [1.807, 2.05) is 6.92 Å². The lowest BCUT2D eigenvalue weighted by Crippen LogP contribution is -2.21. The third-order valence-electron chi connectivity index (χ3n) is 2.00. The summed E-state index contributed by atoms with van der Waals surface area (Å²) in [4.78, 5) is 19.4. The maximum Gasteiger partial charge on any atom is 0.224 e. The number of anilines is 2. The van der Waals surface area contributed by atoms with Gasteiger partial charge in [-0.25, -0.2) is 4.98 Å². The van der Waals surface area contributed by atoms with E-state index in [9.17, 15) is 4.79 Å². The smallest absolute Gasteiger partial charge is 0.224 e. The topological polar surface area (TPSA) is 78.9 Å². The molecule has 3 N–H and O–H groups in total. The Bertz CT molecular complexity index is 385. The first-order valence-electron chi connectivity index (χ1n) is 5.38. The van der Waals surface area contributed by atoms with Crippen LogP contribution in [0, 0.1) is 0 Å². The van der Waals surface area contributed by atoms with Gasteiger partial charge in [0, 0.05) is 32.8 Å². The predicted octanol–water partition coefficient (Wildman–Crippen LogP) is 1.22. The first-order chi connectivity index (χ1) is 8.17. The maximum atomic E-state index is 11.0. The second-order valence-corrected chi connectivity index (χ2v) is 4.12. The number of aromatic nitrogens is 2. The van der Waals surface area contributed by atoms with E-state index in [2.05, 4.69) is 41.8 Å². The molecule has 0 spiro atoms. The third-order valence-corrected chi connectivity index (χ3v) is 2.58. The van der Waals surface area contributed by atoms with Gasteiger partial charge in [0.2, 0.25) is 11.9 Å². The number of carbonyl (C=O) groups excluding carboxylic acids is 1. The number of hydrogen-bond acceptors (Lipinski definition) is 5. The van der Waals surface area contributed by atoms with Gasteiger partial charge in [-0.15, -0.1) is 0 Å². The monoisotopic (exact) mass is 301 g/mol. The van der Waals surface area contributed by atoms with Gasteiger partial charge in [0.1, 0.15) is 5.82 Å². The van der Waals surface area contributed by atoms with E-state index in [4.69, 9.17) is 0 Å². The van der Waals surface area contributed by atoms with Gasteiger partial charge < -0.3 is 16.0 Å². The van der Waals surface area contributed by atoms with Gasteiger partial charge in [0.25, 0.3) is 0 Å². The molecule has 1 heterocycles. The van der Waals surface area contributed by atoms with Crippen LogP contribution in [0.25, 0.3) is 0 Å². The number of halogens is 1. The van der Waals surface area contributed by atoms with Crippen molar-refractivity contribution in [3.05, 3.63) is 10.7 Å². The van der Waals surface area contributed by atoms with E-state index in [0.717, 1.165) is 11.0 Å². The standard InChI is InChI=1S/C10H16BrN5O/c1-3-13-10-15-6-7(11)9(16-10)14-5-4-8(17)12-2/h6H,3-5H2,1-2H3,(H,12,17)(H2,13,14,15,16). The Balaban J connectivity index is 2.56. The summed E-state index contributed by atoms with van der Waals surface area (Å²) in [5, 5.41) is 8.66. The summed E-state index contributed by atoms with van der Waals surface area (Å²) in [6.45, 7) is 3.27. The molecule has 0 atom stereocenters. The van der Waals surface area contributed by atoms with Crippen LogP contribution in [0.15, 0.2) is 10.7 Å². The lowest BCUT2D eigenvalue weighted by atomic mass is 10.4. The molecule has 0 aromatic carbocycles. The SMILES string of the molecule is CCNc1ncc(Br)c(NCCC(=O)NC)n1. The number of nitrogens with zero attached hydrogens (tertiary/aromatic N) is 2. The van der Waals surface area contributed by atoms with Crippen LogP contribution in [0.4, 0.5) is 11.8 Å². The van der Waals surface area contributed by atoms with Gasteiger partial charge in [0.15, 0.2) is 0 Å². The summed E-state index contributed by atoms with van der Waals surface area (Å²) < 4.78 is 0.774. The highest BCUT2D eigenvalue weighted by Gasteiger charge is 2.05. The number of nitrogens with one attached hydrogen (secondary N) is 3. The van der Waals surface area contributed by atoms with Gasteiger partial charge in [-0.1, -0.05) is 0 Å². The lowest BCUT2D eigenvalue weighted by Gasteiger charge is -2.08. The van der Waals surface area contributed by atoms with E-state index in [-0.39, 0.29) is 5.91 Å². The highest BCUT2D eigenvalue weighted by Crippen LogP contribution is 2.19. The van der Waals surface area contributed by atoms with E-state index in [1.54, 1.807) is 13.2 Å². The number of hydrogen-bond donors (Lipinski definition) is 3. The molecule has 0 fully saturated rings. The minimum absolute atomic E-state index is 0.00501. The minimum Gasteiger partial charge on any atom is -0.368 e. The quantitative estimate of drug-likeness (QED) is 0.736. The van der Waals surface area contributed by atoms with Crippen molar-refractivity contribution in [2.24, 2.45) is 0 Å². The Morgan fingerprint density at radius 1 is 1.47 bits per heavy atom. The molecule has 0 radical (unpaired) electrons. The number of amides is 1. The zero-order chi connectivity index (χ0) is 12.7. The van der Waals surface area contributed by atoms with Crippen LogP contribution in [0.2, 0.25) is 0 Å². The molecule has 94 valence electrons. The van der Waals surface area contributed by atoms with Crippen molar-refractivity contribution in [3.63, 3.8) is 0 Å². The molecule has 17 heavy (non-hydrogen) atoms. The molecule has 0 unspecified atom stereocenters. The molecule has 1 amide bonds. The zero-order valence-corrected chi connectivity index (χ0v) is 11.5. The fraction of sp³-hybridized carbons (Fsp3) is 0.500. The largest absolute Gasteiger partial charge is 0.368 e. The normalized spacial score (nSPS) is 9.82. The zero-order valence-electron chi connectivity index (χ0n) is 9.88. The Kier molecular flexibility index (Phi) is 5.68. The van der Waals surface area contributed by atoms with Crippen LogP contribution in [-0.2, 0) is 4.79 Å². The second kappa shape index (κ2) is 7.05. The summed E-state index contributed by atoms with van der Waals surface area (Å²) in [6.07, 6.45) is 2.08. The second-order valence-electron chi connectivity index (χ2n) is 3.27. The molecule has 1 rings (SSSR count). The van der Waals surface area contributed by atoms with Gasteiger partial charge in [-0.2, -0.15) is 4.98 Å². The first-order valence-corrected chi connectivity index (χ1v) is 6.17. The summed E-state index contributed by atoms with van der Waals surface area (Å²) in [6, 6.07) is 0. The number of rotatable bonds is 6. The van der Waals surface area contributed by atoms with E-state index < -0.39 is 0 Å². The van der Waals surface area contributed by atoms with Crippen LogP contribution >= 0.6 is 15.9 Å². The van der Waals surface area contributed by atoms with Gasteiger partial charge in [0.05, 0.1) is 4.47 Å². The highest BCUT2D eigenvalue weighted by atomic mass is 79.9. The molecule has 1 aromatic rings. The van der Waals surface area contributed by atoms with Crippen LogP contribution < -0.4 is 16.0 Å². The predicted molar refractivity (Wildman–Crippen MR) is 71.1 cm³/mol. The fourth-order valence-electron chi connectivity index (χ4n) is 1.15. The minimum atomic E-state index is -0.00501. The third kappa shape index (κ3) is 4.56. The van der Waals surface area contributed by atoms with Crippen molar-refractivity contribution < 1.29 is 4.79 Å². The average Bonchev–Trinajstić information content (AvgIpc) is 2.33. The van der Waals surface area contributed by atoms with Gasteiger partial charge >= 0.3 is 0 Å². The Morgan fingerprint density at radius 3 is 2.88 bits per heavy atom. The van der Waals surface area contributed by atoms with Crippen LogP contribution in [0.1, 0.15) is 13.3 Å². The molecular weight excluding hydrogens is 286 g/mol. The average molecular weight is 302 g/mol. The van der Waals surface area contributed by atoms with Crippen molar-refractivity contribution in [1.29, 1.82) is 0 Å². The molecule has 7 heteroatoms. The summed E-state index contributed by atoms with van der Waals surface area (Å²) in [7, 11) is 1.62. The Labute approximate surface area is 109 Å². The Morgan fingerprint density at radius 2 is 2.24 bits per heavy atom. The highest BCUT2D eigenvalue weighted by molar-refractivity contribution is 9.10. The summed E-state index contributed by atoms with van der Waals surface area (Å²) in [5.41, 5.74) is 0. The van der Waals surface area contributed by atoms with Crippen LogP contribution in [0.5, 0.6) is 0 Å². The van der Waals surface area contributed by atoms with E-state index >= 15 is 0 Å². The van der Waals surface area contributed by atoms with Crippen LogP contribution in [0.3, 0.4) is 0 Å². The molecule has 0 aliphatic rings. The van der Waals surface area contributed by atoms with Gasteiger partial charge in [-0.3, -0.25) is 4.79 Å². The van der Waals surface area contributed by atoms with Crippen molar-refractivity contribution in [2.75, 3.05) is 30.8 Å². The molecule has 0 saturated carbocycles. The molecular formula is C10H16BrN5O.